The van der Waals surface area contributed by atoms with Crippen LogP contribution in [0.2, 0.25) is 0 Å². The molecule has 0 N–H and O–H groups in total. The van der Waals surface area contributed by atoms with Gasteiger partial charge in [-0.05, 0) is 52.9 Å². The molecule has 1 aromatic heterocycles. The first-order valence-electron chi connectivity index (χ1n) is 8.78. The molecule has 144 valence electrons. The summed E-state index contributed by atoms with van der Waals surface area (Å²) in [5.74, 6) is -1.05. The minimum atomic E-state index is -0.948. The number of ether oxygens (including phenoxy) is 2. The summed E-state index contributed by atoms with van der Waals surface area (Å²) in [6, 6.07) is 3.51. The van der Waals surface area contributed by atoms with Gasteiger partial charge in [-0.15, -0.1) is 0 Å². The summed E-state index contributed by atoms with van der Waals surface area (Å²) in [5.41, 5.74) is 0.465. The number of carbonyl (C=O) groups is 1. The molecule has 1 atom stereocenters. The zero-order chi connectivity index (χ0) is 19.9. The van der Waals surface area contributed by atoms with E-state index in [-0.39, 0.29) is 29.8 Å². The summed E-state index contributed by atoms with van der Waals surface area (Å²) in [5, 5.41) is 0. The Hall–Kier alpha value is -2.15. The van der Waals surface area contributed by atoms with Gasteiger partial charge in [0.05, 0.1) is 23.9 Å². The first kappa shape index (κ1) is 19.6. The molecule has 2 heterocycles. The van der Waals surface area contributed by atoms with Gasteiger partial charge in [-0.2, -0.15) is 0 Å². The van der Waals surface area contributed by atoms with Crippen molar-refractivity contribution < 1.29 is 18.7 Å². The van der Waals surface area contributed by atoms with Gasteiger partial charge in [-0.3, -0.25) is 4.79 Å². The number of pyridine rings is 1. The number of fused-ring (bicyclic) bond motifs is 3. The molecular formula is C20H21BrFNO4. The summed E-state index contributed by atoms with van der Waals surface area (Å²) in [6.45, 7) is 5.81. The van der Waals surface area contributed by atoms with Crippen LogP contribution in [-0.4, -0.2) is 24.3 Å². The van der Waals surface area contributed by atoms with E-state index in [0.717, 1.165) is 10.0 Å². The number of esters is 1. The second-order valence-electron chi connectivity index (χ2n) is 6.82. The van der Waals surface area contributed by atoms with Gasteiger partial charge >= 0.3 is 5.97 Å². The zero-order valence-corrected chi connectivity index (χ0v) is 17.2. The SMILES string of the molecule is CCOC(=O)c1cn2c(c(F)c1=O)-c1cc(OC)c(Br)cc1CC2C(C)C. The van der Waals surface area contributed by atoms with Gasteiger partial charge in [0.2, 0.25) is 5.43 Å². The van der Waals surface area contributed by atoms with Crippen LogP contribution < -0.4 is 10.2 Å². The number of hydrogen-bond donors (Lipinski definition) is 0. The predicted molar refractivity (Wildman–Crippen MR) is 104 cm³/mol. The number of methoxy groups -OCH3 is 1. The van der Waals surface area contributed by atoms with E-state index >= 15 is 4.39 Å². The third kappa shape index (κ3) is 3.29. The van der Waals surface area contributed by atoms with Crippen LogP contribution in [0.25, 0.3) is 11.3 Å². The lowest BCUT2D eigenvalue weighted by atomic mass is 9.87. The maximum absolute atomic E-state index is 15.2. The van der Waals surface area contributed by atoms with E-state index in [1.807, 2.05) is 19.9 Å². The molecule has 0 saturated heterocycles. The number of hydrogen-bond acceptors (Lipinski definition) is 4. The van der Waals surface area contributed by atoms with Gasteiger partial charge in [0.25, 0.3) is 0 Å². The molecule has 0 aliphatic carbocycles. The fourth-order valence-electron chi connectivity index (χ4n) is 3.50. The minimum Gasteiger partial charge on any atom is -0.496 e. The van der Waals surface area contributed by atoms with Crippen molar-refractivity contribution in [1.29, 1.82) is 0 Å². The second kappa shape index (κ2) is 7.46. The highest BCUT2D eigenvalue weighted by molar-refractivity contribution is 9.10. The Labute approximate surface area is 165 Å². The van der Waals surface area contributed by atoms with E-state index in [0.29, 0.717) is 17.7 Å². The van der Waals surface area contributed by atoms with Crippen molar-refractivity contribution in [3.05, 3.63) is 50.0 Å². The van der Waals surface area contributed by atoms with Gasteiger partial charge in [0.15, 0.2) is 5.82 Å². The molecule has 2 aromatic rings. The van der Waals surface area contributed by atoms with Crippen LogP contribution in [0.4, 0.5) is 4.39 Å². The molecule has 0 amide bonds. The van der Waals surface area contributed by atoms with Crippen molar-refractivity contribution in [3.63, 3.8) is 0 Å². The van der Waals surface area contributed by atoms with E-state index in [4.69, 9.17) is 9.47 Å². The van der Waals surface area contributed by atoms with Crippen LogP contribution in [0.3, 0.4) is 0 Å². The molecule has 3 rings (SSSR count). The zero-order valence-electron chi connectivity index (χ0n) is 15.6. The molecule has 1 aromatic carbocycles. The van der Waals surface area contributed by atoms with E-state index in [9.17, 15) is 9.59 Å². The van der Waals surface area contributed by atoms with E-state index in [1.165, 1.54) is 13.3 Å². The number of carbonyl (C=O) groups excluding carboxylic acids is 1. The molecule has 7 heteroatoms. The fourth-order valence-corrected chi connectivity index (χ4v) is 4.05. The Bertz CT molecular complexity index is 967. The predicted octanol–water partition coefficient (Wildman–Crippen LogP) is 4.36. The van der Waals surface area contributed by atoms with Crippen molar-refractivity contribution >= 4 is 21.9 Å². The molecular weight excluding hydrogens is 417 g/mol. The normalized spacial score (nSPS) is 15.3. The summed E-state index contributed by atoms with van der Waals surface area (Å²) in [4.78, 5) is 24.7. The molecule has 5 nitrogen and oxygen atoms in total. The van der Waals surface area contributed by atoms with Crippen LogP contribution in [-0.2, 0) is 11.2 Å². The molecule has 0 bridgehead atoms. The summed E-state index contributed by atoms with van der Waals surface area (Å²) < 4.78 is 27.9. The van der Waals surface area contributed by atoms with Crippen molar-refractivity contribution in [2.75, 3.05) is 13.7 Å². The lowest BCUT2D eigenvalue weighted by Gasteiger charge is -2.34. The Morgan fingerprint density at radius 2 is 2.11 bits per heavy atom. The van der Waals surface area contributed by atoms with Crippen molar-refractivity contribution in [2.24, 2.45) is 5.92 Å². The molecule has 0 saturated carbocycles. The topological polar surface area (TPSA) is 57.5 Å². The first-order chi connectivity index (χ1) is 12.8. The standard InChI is InChI=1S/C20H21BrFNO4/c1-5-27-20(25)13-9-23-15(10(2)3)7-11-6-14(21)16(26-4)8-12(11)18(23)17(22)19(13)24/h6,8-10,15H,5,7H2,1-4H3. The molecule has 0 radical (unpaired) electrons. The highest BCUT2D eigenvalue weighted by atomic mass is 79.9. The van der Waals surface area contributed by atoms with Crippen LogP contribution in [0.1, 0.15) is 42.7 Å². The lowest BCUT2D eigenvalue weighted by Crippen LogP contribution is -2.31. The number of nitrogens with zero attached hydrogens (tertiary/aromatic N) is 1. The van der Waals surface area contributed by atoms with Gasteiger partial charge in [-0.25, -0.2) is 9.18 Å². The third-order valence-electron chi connectivity index (χ3n) is 4.86. The Morgan fingerprint density at radius 3 is 2.70 bits per heavy atom. The van der Waals surface area contributed by atoms with E-state index in [1.54, 1.807) is 17.6 Å². The summed E-state index contributed by atoms with van der Waals surface area (Å²) >= 11 is 3.46. The van der Waals surface area contributed by atoms with Crippen LogP contribution in [0, 0.1) is 11.7 Å². The maximum atomic E-state index is 15.2. The van der Waals surface area contributed by atoms with Crippen LogP contribution >= 0.6 is 15.9 Å². The molecule has 27 heavy (non-hydrogen) atoms. The quantitative estimate of drug-likeness (QED) is 0.666. The van der Waals surface area contributed by atoms with E-state index in [2.05, 4.69) is 15.9 Å². The van der Waals surface area contributed by atoms with Crippen LogP contribution in [0.15, 0.2) is 27.6 Å². The minimum absolute atomic E-state index is 0.101. The smallest absolute Gasteiger partial charge is 0.343 e. The van der Waals surface area contributed by atoms with Crippen molar-refractivity contribution in [2.45, 2.75) is 33.2 Å². The van der Waals surface area contributed by atoms with Gasteiger partial charge in [0.1, 0.15) is 11.3 Å². The second-order valence-corrected chi connectivity index (χ2v) is 7.68. The largest absolute Gasteiger partial charge is 0.496 e. The number of halogens is 2. The molecule has 1 aliphatic heterocycles. The Balaban J connectivity index is 2.33. The van der Waals surface area contributed by atoms with Gasteiger partial charge < -0.3 is 14.0 Å². The Kier molecular flexibility index (Phi) is 5.42. The van der Waals surface area contributed by atoms with Crippen molar-refractivity contribution in [3.8, 4) is 17.0 Å². The summed E-state index contributed by atoms with van der Waals surface area (Å²) in [7, 11) is 1.53. The number of benzene rings is 1. The monoisotopic (exact) mass is 437 g/mol. The molecule has 1 aliphatic rings. The van der Waals surface area contributed by atoms with Gasteiger partial charge in [-0.1, -0.05) is 13.8 Å². The Morgan fingerprint density at radius 1 is 1.41 bits per heavy atom. The maximum Gasteiger partial charge on any atom is 0.343 e. The highest BCUT2D eigenvalue weighted by Gasteiger charge is 2.32. The van der Waals surface area contributed by atoms with Gasteiger partial charge in [0, 0.05) is 17.8 Å². The first-order valence-corrected chi connectivity index (χ1v) is 9.57. The fraction of sp³-hybridized carbons (Fsp3) is 0.400. The summed E-state index contributed by atoms with van der Waals surface area (Å²) in [6.07, 6.45) is 2.08. The van der Waals surface area contributed by atoms with Crippen LogP contribution in [0.5, 0.6) is 5.75 Å². The third-order valence-corrected chi connectivity index (χ3v) is 5.48. The lowest BCUT2D eigenvalue weighted by molar-refractivity contribution is 0.0522. The van der Waals surface area contributed by atoms with E-state index < -0.39 is 17.2 Å². The molecule has 0 fully saturated rings. The number of aromatic nitrogens is 1. The molecule has 1 unspecified atom stereocenters. The average molecular weight is 438 g/mol. The number of rotatable bonds is 4. The van der Waals surface area contributed by atoms with Crippen molar-refractivity contribution in [1.82, 2.24) is 4.57 Å². The average Bonchev–Trinajstić information content (AvgIpc) is 2.62. The highest BCUT2D eigenvalue weighted by Crippen LogP contribution is 2.42. The molecule has 0 spiro atoms.